The Labute approximate surface area is 255 Å². The average molecular weight is 611 g/mol. The predicted molar refractivity (Wildman–Crippen MR) is 156 cm³/mol. The second-order valence-corrected chi connectivity index (χ2v) is 10.1. The molecule has 1 fully saturated rings. The fraction of sp³-hybridized carbons (Fsp3) is 0.419. The number of amides is 4. The molecule has 4 N–H and O–H groups in total. The lowest BCUT2D eigenvalue weighted by molar-refractivity contribution is -0.147. The van der Waals surface area contributed by atoms with Crippen molar-refractivity contribution in [3.8, 4) is 0 Å². The summed E-state index contributed by atoms with van der Waals surface area (Å²) in [7, 11) is 1.16. The van der Waals surface area contributed by atoms with Gasteiger partial charge in [0, 0.05) is 13.0 Å². The molecular formula is C31H38N4O9. The van der Waals surface area contributed by atoms with E-state index < -0.39 is 54.4 Å². The maximum atomic E-state index is 13.4. The predicted octanol–water partition coefficient (Wildman–Crippen LogP) is 1.64. The van der Waals surface area contributed by atoms with Gasteiger partial charge in [-0.1, -0.05) is 60.7 Å². The normalized spacial score (nSPS) is 18.1. The molecule has 2 aromatic rings. The summed E-state index contributed by atoms with van der Waals surface area (Å²) in [6, 6.07) is 14.1. The van der Waals surface area contributed by atoms with Crippen molar-refractivity contribution in [3.05, 3.63) is 71.8 Å². The van der Waals surface area contributed by atoms with Crippen LogP contribution in [0, 0.1) is 0 Å². The Hall–Kier alpha value is -4.94. The molecule has 1 aliphatic heterocycles. The fourth-order valence-electron chi connectivity index (χ4n) is 4.35. The zero-order valence-corrected chi connectivity index (χ0v) is 24.5. The molecule has 4 amide bonds. The van der Waals surface area contributed by atoms with Gasteiger partial charge in [0.15, 0.2) is 0 Å². The minimum absolute atomic E-state index is 0.00436. The molecule has 13 heteroatoms. The Balaban J connectivity index is 1.71. The third-order valence-corrected chi connectivity index (χ3v) is 6.77. The van der Waals surface area contributed by atoms with Gasteiger partial charge in [-0.15, -0.1) is 0 Å². The lowest BCUT2D eigenvalue weighted by atomic mass is 10.0. The van der Waals surface area contributed by atoms with E-state index in [1.54, 1.807) is 48.5 Å². The van der Waals surface area contributed by atoms with E-state index in [2.05, 4.69) is 21.3 Å². The second kappa shape index (κ2) is 17.9. The van der Waals surface area contributed by atoms with Crippen LogP contribution in [0.1, 0.15) is 49.7 Å². The Bertz CT molecular complexity index is 1220. The van der Waals surface area contributed by atoms with Gasteiger partial charge >= 0.3 is 18.0 Å². The summed E-state index contributed by atoms with van der Waals surface area (Å²) in [5, 5.41) is 10.3. The van der Waals surface area contributed by atoms with Gasteiger partial charge in [-0.3, -0.25) is 19.2 Å². The average Bonchev–Trinajstić information content (AvgIpc) is 3.03. The number of alkyl carbamates (subject to hydrolysis) is 1. The van der Waals surface area contributed by atoms with E-state index in [0.717, 1.165) is 12.7 Å². The molecule has 0 bridgehead atoms. The van der Waals surface area contributed by atoms with E-state index in [1.807, 2.05) is 12.1 Å². The molecular weight excluding hydrogens is 572 g/mol. The number of carbonyl (C=O) groups excluding carboxylic acids is 6. The fourth-order valence-corrected chi connectivity index (χ4v) is 4.35. The maximum absolute atomic E-state index is 13.4. The molecule has 236 valence electrons. The number of rotatable bonds is 10. The molecule has 0 spiro atoms. The van der Waals surface area contributed by atoms with Crippen LogP contribution in [-0.2, 0) is 51.4 Å². The molecule has 1 saturated heterocycles. The van der Waals surface area contributed by atoms with E-state index >= 15 is 0 Å². The summed E-state index contributed by atoms with van der Waals surface area (Å²) in [5.74, 6) is -3.26. The maximum Gasteiger partial charge on any atom is 0.408 e. The Kier molecular flexibility index (Phi) is 13.6. The van der Waals surface area contributed by atoms with Crippen LogP contribution in [0.2, 0.25) is 0 Å². The zero-order chi connectivity index (χ0) is 31.7. The number of nitrogens with one attached hydrogen (secondary N) is 4. The first kappa shape index (κ1) is 33.6. The Morgan fingerprint density at radius 2 is 1.52 bits per heavy atom. The third kappa shape index (κ3) is 11.7. The van der Waals surface area contributed by atoms with E-state index in [4.69, 9.17) is 14.2 Å². The van der Waals surface area contributed by atoms with Crippen molar-refractivity contribution >= 4 is 35.8 Å². The number of carbonyl (C=O) groups is 6. The van der Waals surface area contributed by atoms with Crippen LogP contribution in [0.25, 0.3) is 0 Å². The van der Waals surface area contributed by atoms with Crippen molar-refractivity contribution in [1.82, 2.24) is 21.3 Å². The molecule has 2 aromatic carbocycles. The first-order chi connectivity index (χ1) is 21.2. The monoisotopic (exact) mass is 610 g/mol. The minimum atomic E-state index is -1.44. The number of esters is 2. The van der Waals surface area contributed by atoms with Gasteiger partial charge in [0.1, 0.15) is 31.3 Å². The summed E-state index contributed by atoms with van der Waals surface area (Å²) in [4.78, 5) is 76.4. The third-order valence-electron chi connectivity index (χ3n) is 6.77. The van der Waals surface area contributed by atoms with Crippen molar-refractivity contribution in [1.29, 1.82) is 0 Å². The van der Waals surface area contributed by atoms with Gasteiger partial charge < -0.3 is 35.5 Å². The molecule has 3 atom stereocenters. The van der Waals surface area contributed by atoms with E-state index in [-0.39, 0.29) is 38.4 Å². The molecule has 44 heavy (non-hydrogen) atoms. The summed E-state index contributed by atoms with van der Waals surface area (Å²) in [6.45, 7) is 0.244. The molecule has 3 rings (SSSR count). The number of methoxy groups -OCH3 is 1. The first-order valence-electron chi connectivity index (χ1n) is 14.4. The van der Waals surface area contributed by atoms with Crippen LogP contribution in [0.15, 0.2) is 60.7 Å². The number of hydrogen-bond acceptors (Lipinski definition) is 9. The molecule has 1 heterocycles. The number of hydrogen-bond donors (Lipinski definition) is 4. The standard InChI is InChI=1S/C31H38N4O9/c1-42-30(40)24-15-16-26(36)32-17-9-8-14-23(28(38)34-24)33-29(39)25(18-27(37)43-19-21-10-4-2-5-11-21)35-31(41)44-20-22-12-6-3-7-13-22/h2-7,10-13,23-25H,8-9,14-20H2,1H3,(H,32,36)(H,33,39)(H,34,38)(H,35,41). The van der Waals surface area contributed by atoms with Crippen LogP contribution >= 0.6 is 0 Å². The van der Waals surface area contributed by atoms with Crippen molar-refractivity contribution in [2.75, 3.05) is 13.7 Å². The van der Waals surface area contributed by atoms with E-state index in [9.17, 15) is 28.8 Å². The Morgan fingerprint density at radius 1 is 0.886 bits per heavy atom. The summed E-state index contributed by atoms with van der Waals surface area (Å²) >= 11 is 0. The topological polar surface area (TPSA) is 178 Å². The molecule has 0 saturated carbocycles. The number of ether oxygens (including phenoxy) is 3. The Morgan fingerprint density at radius 3 is 2.16 bits per heavy atom. The lowest BCUT2D eigenvalue weighted by Crippen LogP contribution is -2.56. The number of benzene rings is 2. The van der Waals surface area contributed by atoms with Gasteiger partial charge in [0.25, 0.3) is 0 Å². The quantitative estimate of drug-likeness (QED) is 0.230. The first-order valence-corrected chi connectivity index (χ1v) is 14.4. The molecule has 1 aliphatic rings. The van der Waals surface area contributed by atoms with Gasteiger partial charge in [-0.2, -0.15) is 0 Å². The second-order valence-electron chi connectivity index (χ2n) is 10.1. The van der Waals surface area contributed by atoms with Gasteiger partial charge in [0.2, 0.25) is 17.7 Å². The van der Waals surface area contributed by atoms with Crippen molar-refractivity contribution < 1.29 is 43.0 Å². The summed E-state index contributed by atoms with van der Waals surface area (Å²) in [5.41, 5.74) is 1.45. The highest BCUT2D eigenvalue weighted by atomic mass is 16.6. The minimum Gasteiger partial charge on any atom is -0.467 e. The summed E-state index contributed by atoms with van der Waals surface area (Å²) < 4.78 is 15.3. The van der Waals surface area contributed by atoms with Crippen molar-refractivity contribution in [2.45, 2.75) is 69.9 Å². The smallest absolute Gasteiger partial charge is 0.408 e. The van der Waals surface area contributed by atoms with E-state index in [0.29, 0.717) is 24.9 Å². The molecule has 0 aromatic heterocycles. The van der Waals surface area contributed by atoms with Crippen LogP contribution in [0.4, 0.5) is 4.79 Å². The highest BCUT2D eigenvalue weighted by Crippen LogP contribution is 2.09. The van der Waals surface area contributed by atoms with Crippen molar-refractivity contribution in [3.63, 3.8) is 0 Å². The molecule has 0 radical (unpaired) electrons. The molecule has 3 unspecified atom stereocenters. The molecule has 13 nitrogen and oxygen atoms in total. The van der Waals surface area contributed by atoms with Crippen LogP contribution in [0.3, 0.4) is 0 Å². The molecule has 0 aliphatic carbocycles. The van der Waals surface area contributed by atoms with Crippen LogP contribution < -0.4 is 21.3 Å². The van der Waals surface area contributed by atoms with E-state index in [1.165, 1.54) is 0 Å². The summed E-state index contributed by atoms with van der Waals surface area (Å²) in [6.07, 6.45) is -0.373. The lowest BCUT2D eigenvalue weighted by Gasteiger charge is -2.25. The highest BCUT2D eigenvalue weighted by Gasteiger charge is 2.32. The zero-order valence-electron chi connectivity index (χ0n) is 24.5. The highest BCUT2D eigenvalue weighted by molar-refractivity contribution is 5.94. The van der Waals surface area contributed by atoms with Gasteiger partial charge in [-0.05, 0) is 36.8 Å². The van der Waals surface area contributed by atoms with Crippen molar-refractivity contribution in [2.24, 2.45) is 0 Å². The SMILES string of the molecule is COC(=O)C1CCC(=O)NCCCCC(NC(=O)C(CC(=O)OCc2ccccc2)NC(=O)OCc2ccccc2)C(=O)N1. The van der Waals surface area contributed by atoms with Gasteiger partial charge in [-0.25, -0.2) is 9.59 Å². The van der Waals surface area contributed by atoms with Crippen LogP contribution in [-0.4, -0.2) is 67.5 Å². The van der Waals surface area contributed by atoms with Gasteiger partial charge in [0.05, 0.1) is 13.5 Å². The van der Waals surface area contributed by atoms with Crippen LogP contribution in [0.5, 0.6) is 0 Å². The largest absolute Gasteiger partial charge is 0.467 e.